The third kappa shape index (κ3) is 4.96. The molecule has 116 valence electrons. The molecule has 4 heteroatoms. The molecule has 1 N–H and O–H groups in total. The summed E-state index contributed by atoms with van der Waals surface area (Å²) in [6, 6.07) is 8.14. The lowest BCUT2D eigenvalue weighted by atomic mass is 10.2. The first-order chi connectivity index (χ1) is 10.3. The molecule has 1 saturated heterocycles. The fourth-order valence-corrected chi connectivity index (χ4v) is 2.50. The van der Waals surface area contributed by atoms with Crippen LogP contribution >= 0.6 is 0 Å². The van der Waals surface area contributed by atoms with Gasteiger partial charge >= 0.3 is 0 Å². The molecule has 1 heterocycles. The van der Waals surface area contributed by atoms with E-state index in [0.717, 1.165) is 44.3 Å². The highest BCUT2D eigenvalue weighted by Gasteiger charge is 2.14. The minimum absolute atomic E-state index is 0.716. The maximum atomic E-state index is 5.80. The summed E-state index contributed by atoms with van der Waals surface area (Å²) in [5, 5.41) is 3.38. The van der Waals surface area contributed by atoms with E-state index in [1.165, 1.54) is 18.4 Å². The SMILES string of the molecule is CCNC(=NCCCOc1ccccc1C)N1CCCC1. The second-order valence-corrected chi connectivity index (χ2v) is 5.40. The molecule has 0 radical (unpaired) electrons. The van der Waals surface area contributed by atoms with Gasteiger partial charge in [0, 0.05) is 32.6 Å². The van der Waals surface area contributed by atoms with E-state index in [0.29, 0.717) is 6.61 Å². The Morgan fingerprint density at radius 1 is 1.29 bits per heavy atom. The van der Waals surface area contributed by atoms with Crippen LogP contribution in [0.3, 0.4) is 0 Å². The summed E-state index contributed by atoms with van der Waals surface area (Å²) in [4.78, 5) is 7.05. The van der Waals surface area contributed by atoms with Crippen molar-refractivity contribution in [2.75, 3.05) is 32.8 Å². The maximum absolute atomic E-state index is 5.80. The van der Waals surface area contributed by atoms with E-state index in [4.69, 9.17) is 9.73 Å². The van der Waals surface area contributed by atoms with Crippen LogP contribution in [0.4, 0.5) is 0 Å². The molecule has 0 saturated carbocycles. The summed E-state index contributed by atoms with van der Waals surface area (Å²) in [6.07, 6.45) is 3.50. The van der Waals surface area contributed by atoms with Gasteiger partial charge in [-0.25, -0.2) is 0 Å². The molecule has 1 aromatic rings. The molecule has 1 aromatic carbocycles. The van der Waals surface area contributed by atoms with Crippen LogP contribution in [0.1, 0.15) is 31.7 Å². The Kier molecular flexibility index (Phi) is 6.38. The monoisotopic (exact) mass is 289 g/mol. The summed E-state index contributed by atoms with van der Waals surface area (Å²) in [6.45, 7) is 8.90. The van der Waals surface area contributed by atoms with E-state index in [-0.39, 0.29) is 0 Å². The number of guanidine groups is 1. The number of ether oxygens (including phenoxy) is 1. The lowest BCUT2D eigenvalue weighted by molar-refractivity contribution is 0.311. The molecule has 0 amide bonds. The number of hydrogen-bond acceptors (Lipinski definition) is 2. The molecule has 0 unspecified atom stereocenters. The predicted octanol–water partition coefficient (Wildman–Crippen LogP) is 2.83. The number of nitrogens with zero attached hydrogens (tertiary/aromatic N) is 2. The zero-order valence-corrected chi connectivity index (χ0v) is 13.3. The molecular formula is C17H27N3O. The van der Waals surface area contributed by atoms with Crippen molar-refractivity contribution in [3.05, 3.63) is 29.8 Å². The van der Waals surface area contributed by atoms with Crippen molar-refractivity contribution in [3.8, 4) is 5.75 Å². The van der Waals surface area contributed by atoms with E-state index < -0.39 is 0 Å². The van der Waals surface area contributed by atoms with Gasteiger partial charge < -0.3 is 15.0 Å². The molecule has 2 rings (SSSR count). The summed E-state index contributed by atoms with van der Waals surface area (Å²) >= 11 is 0. The van der Waals surface area contributed by atoms with Gasteiger partial charge in [0.25, 0.3) is 0 Å². The van der Waals surface area contributed by atoms with Crippen LogP contribution < -0.4 is 10.1 Å². The Hall–Kier alpha value is -1.71. The van der Waals surface area contributed by atoms with E-state index >= 15 is 0 Å². The molecule has 4 nitrogen and oxygen atoms in total. The van der Waals surface area contributed by atoms with Crippen molar-refractivity contribution in [2.24, 2.45) is 4.99 Å². The second-order valence-electron chi connectivity index (χ2n) is 5.40. The fraction of sp³-hybridized carbons (Fsp3) is 0.588. The van der Waals surface area contributed by atoms with Crippen LogP contribution in [0.15, 0.2) is 29.3 Å². The van der Waals surface area contributed by atoms with Gasteiger partial charge in [-0.2, -0.15) is 0 Å². The summed E-state index contributed by atoms with van der Waals surface area (Å²) in [7, 11) is 0. The minimum atomic E-state index is 0.716. The van der Waals surface area contributed by atoms with Crippen molar-refractivity contribution in [1.29, 1.82) is 0 Å². The topological polar surface area (TPSA) is 36.9 Å². The first kappa shape index (κ1) is 15.7. The highest BCUT2D eigenvalue weighted by molar-refractivity contribution is 5.80. The number of nitrogens with one attached hydrogen (secondary N) is 1. The average molecular weight is 289 g/mol. The lowest BCUT2D eigenvalue weighted by Crippen LogP contribution is -2.39. The number of aliphatic imine (C=N–C) groups is 1. The number of likely N-dealkylation sites (tertiary alicyclic amines) is 1. The Balaban J connectivity index is 1.73. The number of hydrogen-bond donors (Lipinski definition) is 1. The van der Waals surface area contributed by atoms with Gasteiger partial charge in [0.05, 0.1) is 6.61 Å². The van der Waals surface area contributed by atoms with Gasteiger partial charge in [0.15, 0.2) is 5.96 Å². The van der Waals surface area contributed by atoms with Crippen molar-refractivity contribution >= 4 is 5.96 Å². The minimum Gasteiger partial charge on any atom is -0.493 e. The van der Waals surface area contributed by atoms with Gasteiger partial charge in [-0.1, -0.05) is 18.2 Å². The van der Waals surface area contributed by atoms with Crippen LogP contribution in [0.25, 0.3) is 0 Å². The van der Waals surface area contributed by atoms with Gasteiger partial charge in [0.2, 0.25) is 0 Å². The van der Waals surface area contributed by atoms with Crippen LogP contribution in [0.5, 0.6) is 5.75 Å². The van der Waals surface area contributed by atoms with Gasteiger partial charge in [0.1, 0.15) is 5.75 Å². The molecular weight excluding hydrogens is 262 g/mol. The van der Waals surface area contributed by atoms with Gasteiger partial charge in [-0.3, -0.25) is 4.99 Å². The van der Waals surface area contributed by atoms with Crippen molar-refractivity contribution in [1.82, 2.24) is 10.2 Å². The Bertz CT molecular complexity index is 453. The van der Waals surface area contributed by atoms with Gasteiger partial charge in [-0.05, 0) is 38.3 Å². The highest BCUT2D eigenvalue weighted by atomic mass is 16.5. The molecule has 1 aliphatic heterocycles. The molecule has 21 heavy (non-hydrogen) atoms. The van der Waals surface area contributed by atoms with Crippen LogP contribution in [-0.4, -0.2) is 43.6 Å². The second kappa shape index (κ2) is 8.55. The standard InChI is InChI=1S/C17H27N3O/c1-3-18-17(20-12-6-7-13-20)19-11-8-14-21-16-10-5-4-9-15(16)2/h4-5,9-10H,3,6-8,11-14H2,1-2H3,(H,18,19). The zero-order valence-electron chi connectivity index (χ0n) is 13.3. The first-order valence-corrected chi connectivity index (χ1v) is 8.03. The van der Waals surface area contributed by atoms with Gasteiger partial charge in [-0.15, -0.1) is 0 Å². The van der Waals surface area contributed by atoms with Crippen LogP contribution in [0, 0.1) is 6.92 Å². The first-order valence-electron chi connectivity index (χ1n) is 8.03. The molecule has 0 bridgehead atoms. The lowest BCUT2D eigenvalue weighted by Gasteiger charge is -2.20. The summed E-state index contributed by atoms with van der Waals surface area (Å²) < 4.78 is 5.80. The highest BCUT2D eigenvalue weighted by Crippen LogP contribution is 2.16. The van der Waals surface area contributed by atoms with E-state index in [2.05, 4.69) is 30.1 Å². The third-order valence-corrected chi connectivity index (χ3v) is 3.66. The summed E-state index contributed by atoms with van der Waals surface area (Å²) in [5.41, 5.74) is 1.19. The van der Waals surface area contributed by atoms with Crippen LogP contribution in [0.2, 0.25) is 0 Å². The van der Waals surface area contributed by atoms with Crippen molar-refractivity contribution < 1.29 is 4.74 Å². The number of aryl methyl sites for hydroxylation is 1. The molecule has 0 atom stereocenters. The molecule has 0 aliphatic carbocycles. The third-order valence-electron chi connectivity index (χ3n) is 3.66. The largest absolute Gasteiger partial charge is 0.493 e. The average Bonchev–Trinajstić information content (AvgIpc) is 3.02. The zero-order chi connectivity index (χ0) is 14.9. The van der Waals surface area contributed by atoms with Crippen LogP contribution in [-0.2, 0) is 0 Å². The molecule has 1 fully saturated rings. The fourth-order valence-electron chi connectivity index (χ4n) is 2.50. The molecule has 1 aliphatic rings. The van der Waals surface area contributed by atoms with Crippen molar-refractivity contribution in [2.45, 2.75) is 33.1 Å². The molecule has 0 aromatic heterocycles. The quantitative estimate of drug-likeness (QED) is 0.497. The number of rotatable bonds is 6. The Morgan fingerprint density at radius 3 is 2.76 bits per heavy atom. The Labute approximate surface area is 128 Å². The van der Waals surface area contributed by atoms with E-state index in [1.807, 2.05) is 18.2 Å². The molecule has 0 spiro atoms. The summed E-state index contributed by atoms with van der Waals surface area (Å²) in [5.74, 6) is 2.04. The number of para-hydroxylation sites is 1. The van der Waals surface area contributed by atoms with E-state index in [1.54, 1.807) is 0 Å². The maximum Gasteiger partial charge on any atom is 0.193 e. The van der Waals surface area contributed by atoms with Crippen molar-refractivity contribution in [3.63, 3.8) is 0 Å². The smallest absolute Gasteiger partial charge is 0.193 e. The Morgan fingerprint density at radius 2 is 2.05 bits per heavy atom. The predicted molar refractivity (Wildman–Crippen MR) is 88.1 cm³/mol. The van der Waals surface area contributed by atoms with E-state index in [9.17, 15) is 0 Å². The number of benzene rings is 1. The normalized spacial score (nSPS) is 15.3.